The van der Waals surface area contributed by atoms with Crippen molar-refractivity contribution >= 4 is 17.5 Å². The smallest absolute Gasteiger partial charge is 0.251 e. The highest BCUT2D eigenvalue weighted by Crippen LogP contribution is 2.12. The molecule has 5 heteroatoms. The van der Waals surface area contributed by atoms with E-state index in [9.17, 15) is 9.59 Å². The molecule has 1 aromatic carbocycles. The monoisotopic (exact) mass is 286 g/mol. The number of hydrogen-bond acceptors (Lipinski definition) is 3. The van der Waals surface area contributed by atoms with E-state index < -0.39 is 0 Å². The molecule has 110 valence electrons. The molecule has 0 fully saturated rings. The predicted molar refractivity (Wildman–Crippen MR) is 80.1 cm³/mol. The van der Waals surface area contributed by atoms with Gasteiger partial charge in [-0.1, -0.05) is 6.07 Å². The fourth-order valence-electron chi connectivity index (χ4n) is 1.92. The summed E-state index contributed by atoms with van der Waals surface area (Å²) in [5.74, 6) is 0.518. The van der Waals surface area contributed by atoms with Crippen molar-refractivity contribution in [1.29, 1.82) is 0 Å². The molecule has 0 aliphatic rings. The van der Waals surface area contributed by atoms with Crippen LogP contribution in [-0.2, 0) is 11.2 Å². The molecule has 0 saturated carbocycles. The van der Waals surface area contributed by atoms with Crippen LogP contribution in [0.3, 0.4) is 0 Å². The minimum absolute atomic E-state index is 0.112. The molecule has 0 bridgehead atoms. The van der Waals surface area contributed by atoms with Crippen LogP contribution in [0.1, 0.15) is 29.5 Å². The number of hydrogen-bond donors (Lipinski definition) is 2. The van der Waals surface area contributed by atoms with Crippen LogP contribution in [0.2, 0.25) is 0 Å². The number of benzene rings is 1. The molecule has 0 atom stereocenters. The summed E-state index contributed by atoms with van der Waals surface area (Å²) in [6, 6.07) is 10.5. The fraction of sp³-hybridized carbons (Fsp3) is 0.250. The maximum Gasteiger partial charge on any atom is 0.251 e. The van der Waals surface area contributed by atoms with E-state index in [-0.39, 0.29) is 11.8 Å². The van der Waals surface area contributed by atoms with Gasteiger partial charge in [0.15, 0.2) is 0 Å². The summed E-state index contributed by atoms with van der Waals surface area (Å²) < 4.78 is 5.18. The topological polar surface area (TPSA) is 71.3 Å². The Morgan fingerprint density at radius 2 is 2.05 bits per heavy atom. The van der Waals surface area contributed by atoms with E-state index in [4.69, 9.17) is 4.42 Å². The van der Waals surface area contributed by atoms with Gasteiger partial charge >= 0.3 is 0 Å². The number of anilines is 1. The maximum absolute atomic E-state index is 11.9. The number of aryl methyl sites for hydroxylation is 1. The maximum atomic E-state index is 11.9. The first kappa shape index (κ1) is 14.8. The number of amides is 2. The van der Waals surface area contributed by atoms with Crippen molar-refractivity contribution < 1.29 is 14.0 Å². The van der Waals surface area contributed by atoms with Crippen molar-refractivity contribution in [2.24, 2.45) is 0 Å². The van der Waals surface area contributed by atoms with Gasteiger partial charge in [0.25, 0.3) is 5.91 Å². The Balaban J connectivity index is 1.91. The van der Waals surface area contributed by atoms with Gasteiger partial charge in [-0.25, -0.2) is 0 Å². The Bertz CT molecular complexity index is 606. The van der Waals surface area contributed by atoms with Crippen molar-refractivity contribution in [3.63, 3.8) is 0 Å². The van der Waals surface area contributed by atoms with Crippen LogP contribution >= 0.6 is 0 Å². The zero-order valence-electron chi connectivity index (χ0n) is 11.9. The number of carbonyl (C=O) groups excluding carboxylic acids is 2. The molecule has 1 aromatic heterocycles. The molecule has 0 radical (unpaired) electrons. The summed E-state index contributed by atoms with van der Waals surface area (Å²) in [7, 11) is 0. The molecule has 0 saturated heterocycles. The van der Waals surface area contributed by atoms with Gasteiger partial charge in [0.05, 0.1) is 6.26 Å². The van der Waals surface area contributed by atoms with Crippen molar-refractivity contribution in [2.75, 3.05) is 11.9 Å². The van der Waals surface area contributed by atoms with Gasteiger partial charge < -0.3 is 15.1 Å². The fourth-order valence-corrected chi connectivity index (χ4v) is 1.92. The second-order valence-corrected chi connectivity index (χ2v) is 4.57. The zero-order valence-corrected chi connectivity index (χ0v) is 11.9. The Kier molecular flexibility index (Phi) is 5.15. The highest BCUT2D eigenvalue weighted by molar-refractivity contribution is 5.97. The van der Waals surface area contributed by atoms with E-state index in [2.05, 4.69) is 10.6 Å². The molecular formula is C16H18N2O3. The second-order valence-electron chi connectivity index (χ2n) is 4.57. The lowest BCUT2D eigenvalue weighted by Crippen LogP contribution is -2.22. The van der Waals surface area contributed by atoms with Gasteiger partial charge in [0.1, 0.15) is 5.76 Å². The van der Waals surface area contributed by atoms with Gasteiger partial charge in [-0.05, 0) is 37.3 Å². The molecule has 2 amide bonds. The SMILES string of the molecule is CCNC(=O)c1cccc(NC(=O)CCc2ccco2)c1. The number of nitrogens with one attached hydrogen (secondary N) is 2. The number of carbonyl (C=O) groups is 2. The van der Waals surface area contributed by atoms with Gasteiger partial charge in [0, 0.05) is 30.6 Å². The van der Waals surface area contributed by atoms with E-state index in [1.54, 1.807) is 36.6 Å². The minimum Gasteiger partial charge on any atom is -0.469 e. The Morgan fingerprint density at radius 1 is 1.19 bits per heavy atom. The number of furan rings is 1. The first-order valence-corrected chi connectivity index (χ1v) is 6.89. The van der Waals surface area contributed by atoms with Gasteiger partial charge in [0.2, 0.25) is 5.91 Å². The quantitative estimate of drug-likeness (QED) is 0.857. The highest BCUT2D eigenvalue weighted by Gasteiger charge is 2.08. The normalized spacial score (nSPS) is 10.1. The van der Waals surface area contributed by atoms with Gasteiger partial charge in [-0.2, -0.15) is 0 Å². The third kappa shape index (κ3) is 4.49. The van der Waals surface area contributed by atoms with Crippen molar-refractivity contribution in [3.8, 4) is 0 Å². The minimum atomic E-state index is -0.149. The molecule has 5 nitrogen and oxygen atoms in total. The summed E-state index contributed by atoms with van der Waals surface area (Å²) in [6.07, 6.45) is 2.47. The van der Waals surface area contributed by atoms with Crippen LogP contribution in [0.25, 0.3) is 0 Å². The van der Waals surface area contributed by atoms with Crippen molar-refractivity contribution in [3.05, 3.63) is 54.0 Å². The molecule has 2 rings (SSSR count). The molecule has 2 aromatic rings. The lowest BCUT2D eigenvalue weighted by atomic mass is 10.1. The van der Waals surface area contributed by atoms with E-state index in [1.807, 2.05) is 13.0 Å². The second kappa shape index (κ2) is 7.28. The summed E-state index contributed by atoms with van der Waals surface area (Å²) in [5.41, 5.74) is 1.14. The molecule has 1 heterocycles. The Morgan fingerprint density at radius 3 is 2.76 bits per heavy atom. The Hall–Kier alpha value is -2.56. The van der Waals surface area contributed by atoms with Gasteiger partial charge in [-0.3, -0.25) is 9.59 Å². The zero-order chi connectivity index (χ0) is 15.1. The predicted octanol–water partition coefficient (Wildman–Crippen LogP) is 2.60. The molecule has 0 unspecified atom stereocenters. The van der Waals surface area contributed by atoms with Crippen LogP contribution in [0, 0.1) is 0 Å². The number of rotatable bonds is 6. The highest BCUT2D eigenvalue weighted by atomic mass is 16.3. The van der Waals surface area contributed by atoms with Crippen molar-refractivity contribution in [2.45, 2.75) is 19.8 Å². The van der Waals surface area contributed by atoms with Gasteiger partial charge in [-0.15, -0.1) is 0 Å². The summed E-state index contributed by atoms with van der Waals surface area (Å²) in [5, 5.41) is 5.50. The lowest BCUT2D eigenvalue weighted by Gasteiger charge is -2.07. The largest absolute Gasteiger partial charge is 0.469 e. The third-order valence-corrected chi connectivity index (χ3v) is 2.92. The van der Waals surface area contributed by atoms with Crippen LogP contribution in [0.15, 0.2) is 47.1 Å². The van der Waals surface area contributed by atoms with E-state index in [0.29, 0.717) is 30.6 Å². The Labute approximate surface area is 123 Å². The van der Waals surface area contributed by atoms with Crippen molar-refractivity contribution in [1.82, 2.24) is 5.32 Å². The van der Waals surface area contributed by atoms with E-state index in [1.165, 1.54) is 0 Å². The third-order valence-electron chi connectivity index (χ3n) is 2.92. The molecule has 0 aliphatic carbocycles. The summed E-state index contributed by atoms with van der Waals surface area (Å²) in [6.45, 7) is 2.43. The first-order valence-electron chi connectivity index (χ1n) is 6.89. The molecular weight excluding hydrogens is 268 g/mol. The van der Waals surface area contributed by atoms with Crippen LogP contribution in [-0.4, -0.2) is 18.4 Å². The first-order chi connectivity index (χ1) is 10.2. The summed E-state index contributed by atoms with van der Waals surface area (Å²) in [4.78, 5) is 23.6. The molecule has 0 aliphatic heterocycles. The van der Waals surface area contributed by atoms with E-state index >= 15 is 0 Å². The molecule has 21 heavy (non-hydrogen) atoms. The van der Waals surface area contributed by atoms with Crippen LogP contribution in [0.5, 0.6) is 0 Å². The lowest BCUT2D eigenvalue weighted by molar-refractivity contribution is -0.116. The average Bonchev–Trinajstić information content (AvgIpc) is 2.99. The van der Waals surface area contributed by atoms with E-state index in [0.717, 1.165) is 5.76 Å². The molecule has 0 spiro atoms. The summed E-state index contributed by atoms with van der Waals surface area (Å²) >= 11 is 0. The standard InChI is InChI=1S/C16H18N2O3/c1-2-17-16(20)12-5-3-6-13(11-12)18-15(19)9-8-14-7-4-10-21-14/h3-7,10-11H,2,8-9H2,1H3,(H,17,20)(H,18,19). The average molecular weight is 286 g/mol. The van der Waals surface area contributed by atoms with Crippen LogP contribution < -0.4 is 10.6 Å². The molecule has 2 N–H and O–H groups in total. The van der Waals surface area contributed by atoms with Crippen LogP contribution in [0.4, 0.5) is 5.69 Å².